The number of hydrogen-bond acceptors (Lipinski definition) is 5. The van der Waals surface area contributed by atoms with Gasteiger partial charge in [0.1, 0.15) is 11.5 Å². The van der Waals surface area contributed by atoms with Crippen LogP contribution in [-0.2, 0) is 4.79 Å². The second kappa shape index (κ2) is 5.60. The van der Waals surface area contributed by atoms with E-state index in [1.54, 1.807) is 25.3 Å². The summed E-state index contributed by atoms with van der Waals surface area (Å²) in [5.41, 5.74) is 1.73. The Morgan fingerprint density at radius 2 is 1.95 bits per heavy atom. The smallest absolute Gasteiger partial charge is 0.312 e. The van der Waals surface area contributed by atoms with E-state index in [0.717, 1.165) is 11.1 Å². The van der Waals surface area contributed by atoms with Gasteiger partial charge in [0, 0.05) is 17.5 Å². The van der Waals surface area contributed by atoms with Gasteiger partial charge in [-0.05, 0) is 23.8 Å². The number of esters is 1. The van der Waals surface area contributed by atoms with Crippen molar-refractivity contribution in [2.45, 2.75) is 12.3 Å². The van der Waals surface area contributed by atoms with Crippen LogP contribution in [0.2, 0.25) is 0 Å². The minimum Gasteiger partial charge on any atom is -0.504 e. The molecule has 0 aliphatic carbocycles. The predicted molar refractivity (Wildman–Crippen MR) is 79.7 cm³/mol. The van der Waals surface area contributed by atoms with Crippen molar-refractivity contribution in [1.29, 1.82) is 0 Å². The number of fused-ring (bicyclic) bond motifs is 1. The normalized spacial score (nSPS) is 16.6. The molecule has 0 fully saturated rings. The summed E-state index contributed by atoms with van der Waals surface area (Å²) in [5, 5.41) is 9.96. The molecule has 5 heteroatoms. The van der Waals surface area contributed by atoms with Crippen molar-refractivity contribution >= 4 is 5.97 Å². The topological polar surface area (TPSA) is 65.0 Å². The van der Waals surface area contributed by atoms with Gasteiger partial charge in [-0.2, -0.15) is 0 Å². The summed E-state index contributed by atoms with van der Waals surface area (Å²) in [5.74, 6) is 1.10. The van der Waals surface area contributed by atoms with E-state index in [2.05, 4.69) is 0 Å². The predicted octanol–water partition coefficient (Wildman–Crippen LogP) is 2.85. The lowest BCUT2D eigenvalue weighted by Gasteiger charge is -2.25. The van der Waals surface area contributed by atoms with Crippen LogP contribution in [0.4, 0.5) is 0 Å². The van der Waals surface area contributed by atoms with Gasteiger partial charge >= 0.3 is 5.97 Å². The fourth-order valence-electron chi connectivity index (χ4n) is 2.68. The lowest BCUT2D eigenvalue weighted by molar-refractivity contribution is -0.135. The molecule has 3 rings (SSSR count). The maximum Gasteiger partial charge on any atom is 0.312 e. The molecule has 0 unspecified atom stereocenters. The molecule has 0 spiro atoms. The lowest BCUT2D eigenvalue weighted by Crippen LogP contribution is -2.21. The minimum atomic E-state index is -0.305. The van der Waals surface area contributed by atoms with Crippen LogP contribution < -0.4 is 14.2 Å². The van der Waals surface area contributed by atoms with Crippen LogP contribution in [0, 0.1) is 0 Å². The Morgan fingerprint density at radius 1 is 1.14 bits per heavy atom. The van der Waals surface area contributed by atoms with E-state index in [1.165, 1.54) is 7.11 Å². The second-order valence-corrected chi connectivity index (χ2v) is 5.07. The highest BCUT2D eigenvalue weighted by atomic mass is 16.5. The molecule has 2 aromatic rings. The lowest BCUT2D eigenvalue weighted by atomic mass is 9.86. The van der Waals surface area contributed by atoms with Crippen molar-refractivity contribution in [2.75, 3.05) is 14.2 Å². The Labute approximate surface area is 128 Å². The van der Waals surface area contributed by atoms with E-state index in [0.29, 0.717) is 17.2 Å². The first-order chi connectivity index (χ1) is 10.6. The van der Waals surface area contributed by atoms with E-state index in [9.17, 15) is 9.90 Å². The Bertz CT molecular complexity index is 723. The van der Waals surface area contributed by atoms with Crippen LogP contribution in [0.15, 0.2) is 36.4 Å². The van der Waals surface area contributed by atoms with E-state index in [4.69, 9.17) is 14.2 Å². The van der Waals surface area contributed by atoms with Crippen molar-refractivity contribution in [3.05, 3.63) is 47.5 Å². The summed E-state index contributed by atoms with van der Waals surface area (Å²) in [6.07, 6.45) is 0.227. The van der Waals surface area contributed by atoms with E-state index in [-0.39, 0.29) is 24.1 Å². The summed E-state index contributed by atoms with van der Waals surface area (Å²) in [4.78, 5) is 11.9. The van der Waals surface area contributed by atoms with Gasteiger partial charge in [0.15, 0.2) is 11.5 Å². The summed E-state index contributed by atoms with van der Waals surface area (Å²) in [6.45, 7) is 0. The molecule has 0 aromatic heterocycles. The minimum absolute atomic E-state index is 0.0500. The molecule has 0 saturated heterocycles. The molecule has 0 saturated carbocycles. The van der Waals surface area contributed by atoms with E-state index >= 15 is 0 Å². The van der Waals surface area contributed by atoms with Crippen LogP contribution in [0.3, 0.4) is 0 Å². The molecule has 5 nitrogen and oxygen atoms in total. The SMILES string of the molecule is COc1ccc2c(c1)OC(=O)C[C@@H]2c1ccc(OC)c(O)c1. The summed E-state index contributed by atoms with van der Waals surface area (Å²) >= 11 is 0. The number of ether oxygens (including phenoxy) is 3. The van der Waals surface area contributed by atoms with Crippen molar-refractivity contribution < 1.29 is 24.1 Å². The number of carbonyl (C=O) groups is 1. The molecule has 1 aliphatic heterocycles. The number of phenols is 1. The Morgan fingerprint density at radius 3 is 2.64 bits per heavy atom. The number of benzene rings is 2. The van der Waals surface area contributed by atoms with Gasteiger partial charge in [-0.15, -0.1) is 0 Å². The zero-order valence-electron chi connectivity index (χ0n) is 12.3. The van der Waals surface area contributed by atoms with E-state index in [1.807, 2.05) is 18.2 Å². The zero-order chi connectivity index (χ0) is 15.7. The number of methoxy groups -OCH3 is 2. The molecule has 0 amide bonds. The molecule has 1 heterocycles. The zero-order valence-corrected chi connectivity index (χ0v) is 12.3. The van der Waals surface area contributed by atoms with Gasteiger partial charge in [-0.25, -0.2) is 0 Å². The van der Waals surface area contributed by atoms with Crippen molar-refractivity contribution in [3.8, 4) is 23.0 Å². The van der Waals surface area contributed by atoms with Gasteiger partial charge in [0.2, 0.25) is 0 Å². The van der Waals surface area contributed by atoms with Gasteiger partial charge < -0.3 is 19.3 Å². The Hall–Kier alpha value is -2.69. The number of aromatic hydroxyl groups is 1. The molecule has 22 heavy (non-hydrogen) atoms. The fraction of sp³-hybridized carbons (Fsp3) is 0.235. The first-order valence-electron chi connectivity index (χ1n) is 6.88. The first-order valence-corrected chi connectivity index (χ1v) is 6.88. The van der Waals surface area contributed by atoms with Gasteiger partial charge in [-0.3, -0.25) is 4.79 Å². The molecular formula is C17H16O5. The summed E-state index contributed by atoms with van der Waals surface area (Å²) in [6, 6.07) is 10.6. The highest BCUT2D eigenvalue weighted by Crippen LogP contribution is 2.42. The average molecular weight is 300 g/mol. The van der Waals surface area contributed by atoms with Gasteiger partial charge in [0.25, 0.3) is 0 Å². The number of rotatable bonds is 3. The van der Waals surface area contributed by atoms with Gasteiger partial charge in [-0.1, -0.05) is 12.1 Å². The summed E-state index contributed by atoms with van der Waals surface area (Å²) < 4.78 is 15.5. The maximum atomic E-state index is 11.9. The van der Waals surface area contributed by atoms with E-state index < -0.39 is 0 Å². The van der Waals surface area contributed by atoms with Crippen molar-refractivity contribution in [2.24, 2.45) is 0 Å². The number of carbonyl (C=O) groups excluding carboxylic acids is 1. The first kappa shape index (κ1) is 14.3. The molecule has 2 aromatic carbocycles. The Balaban J connectivity index is 2.05. The second-order valence-electron chi connectivity index (χ2n) is 5.07. The monoisotopic (exact) mass is 300 g/mol. The largest absolute Gasteiger partial charge is 0.504 e. The molecule has 0 radical (unpaired) electrons. The maximum absolute atomic E-state index is 11.9. The molecule has 0 bridgehead atoms. The Kier molecular flexibility index (Phi) is 3.63. The number of hydrogen-bond donors (Lipinski definition) is 1. The molecule has 1 atom stereocenters. The van der Waals surface area contributed by atoms with Crippen LogP contribution >= 0.6 is 0 Å². The molecule has 1 N–H and O–H groups in total. The molecule has 114 valence electrons. The summed E-state index contributed by atoms with van der Waals surface area (Å²) in [7, 11) is 3.06. The van der Waals surface area contributed by atoms with Crippen LogP contribution in [0.5, 0.6) is 23.0 Å². The third kappa shape index (κ3) is 2.45. The third-order valence-corrected chi connectivity index (χ3v) is 3.80. The quantitative estimate of drug-likeness (QED) is 0.697. The highest BCUT2D eigenvalue weighted by Gasteiger charge is 2.29. The van der Waals surface area contributed by atoms with Crippen molar-refractivity contribution in [3.63, 3.8) is 0 Å². The standard InChI is InChI=1S/C17H16O5/c1-20-11-4-5-12-13(9-17(19)22-16(12)8-11)10-3-6-15(21-2)14(18)7-10/h3-8,13,18H,9H2,1-2H3/t13-/m1/s1. The molecular weight excluding hydrogens is 284 g/mol. The third-order valence-electron chi connectivity index (χ3n) is 3.80. The molecule has 1 aliphatic rings. The van der Waals surface area contributed by atoms with Crippen molar-refractivity contribution in [1.82, 2.24) is 0 Å². The van der Waals surface area contributed by atoms with Crippen LogP contribution in [-0.4, -0.2) is 25.3 Å². The van der Waals surface area contributed by atoms with Crippen LogP contribution in [0.1, 0.15) is 23.5 Å². The highest BCUT2D eigenvalue weighted by molar-refractivity contribution is 5.78. The van der Waals surface area contributed by atoms with Crippen LogP contribution in [0.25, 0.3) is 0 Å². The number of phenolic OH excluding ortho intramolecular Hbond substituents is 1. The average Bonchev–Trinajstić information content (AvgIpc) is 2.53. The van der Waals surface area contributed by atoms with Gasteiger partial charge in [0.05, 0.1) is 20.6 Å². The fourth-order valence-corrected chi connectivity index (χ4v) is 2.68.